The van der Waals surface area contributed by atoms with Crippen LogP contribution in [0.2, 0.25) is 0 Å². The Morgan fingerprint density at radius 1 is 1.14 bits per heavy atom. The van der Waals surface area contributed by atoms with Crippen LogP contribution in [0.5, 0.6) is 0 Å². The first-order valence-corrected chi connectivity index (χ1v) is 5.85. The van der Waals surface area contributed by atoms with E-state index in [2.05, 4.69) is 0 Å². The molecule has 86 valence electrons. The largest absolute Gasteiger partial charge is 1.00 e. The zero-order chi connectivity index (χ0) is 11.8. The molecule has 11 heteroatoms. The number of sulfonamides is 1. The minimum absolute atomic E-state index is 0. The zero-order valence-corrected chi connectivity index (χ0v) is 8.66. The van der Waals surface area contributed by atoms with Gasteiger partial charge in [0.1, 0.15) is 0 Å². The smallest absolute Gasteiger partial charge is 0.202 e. The van der Waals surface area contributed by atoms with E-state index >= 15 is 0 Å². The molecule has 14 heavy (non-hydrogen) atoms. The van der Waals surface area contributed by atoms with Crippen LogP contribution in [-0.4, -0.2) is 40.7 Å². The highest BCUT2D eigenvalue weighted by atomic mass is 32.3. The van der Waals surface area contributed by atoms with Crippen LogP contribution in [0.3, 0.4) is 0 Å². The summed E-state index contributed by atoms with van der Waals surface area (Å²) in [6.07, 6.45) is 0. The summed E-state index contributed by atoms with van der Waals surface area (Å²) in [5.41, 5.74) is -5.66. The summed E-state index contributed by atoms with van der Waals surface area (Å²) in [5, 5.41) is 0. The number of alkyl halides is 3. The molecule has 0 bridgehead atoms. The minimum atomic E-state index is -5.88. The molecule has 0 saturated carbocycles. The van der Waals surface area contributed by atoms with Crippen LogP contribution in [0.25, 0.3) is 0 Å². The summed E-state index contributed by atoms with van der Waals surface area (Å²) in [6, 6.07) is 0. The maximum Gasteiger partial charge on any atom is 1.00 e. The van der Waals surface area contributed by atoms with Crippen molar-refractivity contribution < 1.29 is 31.4 Å². The van der Waals surface area contributed by atoms with Crippen LogP contribution < -0.4 is 4.13 Å². The maximum absolute atomic E-state index is 11.7. The van der Waals surface area contributed by atoms with Crippen molar-refractivity contribution in [3.8, 4) is 0 Å². The first-order chi connectivity index (χ1) is 5.90. The maximum atomic E-state index is 11.7. The van der Waals surface area contributed by atoms with Gasteiger partial charge in [0, 0.05) is 14.1 Å². The molecule has 0 aromatic heterocycles. The van der Waals surface area contributed by atoms with Crippen LogP contribution in [0.4, 0.5) is 13.2 Å². The van der Waals surface area contributed by atoms with E-state index in [0.717, 1.165) is 14.1 Å². The van der Waals surface area contributed by atoms with E-state index in [1.165, 1.54) is 0 Å². The van der Waals surface area contributed by atoms with Gasteiger partial charge in [0.05, 0.1) is 0 Å². The Labute approximate surface area is 80.4 Å². The van der Waals surface area contributed by atoms with E-state index < -0.39 is 25.7 Å². The summed E-state index contributed by atoms with van der Waals surface area (Å²) < 4.78 is 78.0. The molecule has 0 saturated heterocycles. The lowest BCUT2D eigenvalue weighted by Gasteiger charge is -2.13. The van der Waals surface area contributed by atoms with Gasteiger partial charge in [0.2, 0.25) is 0 Å². The minimum Gasteiger partial charge on any atom is -0.202 e. The van der Waals surface area contributed by atoms with Gasteiger partial charge in [0.15, 0.2) is 0 Å². The van der Waals surface area contributed by atoms with Crippen LogP contribution in [-0.2, 0) is 20.2 Å². The molecule has 0 fully saturated rings. The second-order valence-electron chi connectivity index (χ2n) is 2.32. The highest BCUT2D eigenvalue weighted by molar-refractivity contribution is 8.04. The quantitative estimate of drug-likeness (QED) is 0.727. The van der Waals surface area contributed by atoms with Gasteiger partial charge in [-0.05, 0) is 0 Å². The Balaban J connectivity index is 0. The van der Waals surface area contributed by atoms with Crippen LogP contribution in [0.1, 0.15) is 1.43 Å². The second-order valence-corrected chi connectivity index (χ2v) is 6.14. The number of hydrogen-bond donors (Lipinski definition) is 1. The van der Waals surface area contributed by atoms with Gasteiger partial charge in [-0.25, -0.2) is 8.42 Å². The summed E-state index contributed by atoms with van der Waals surface area (Å²) in [4.78, 5) is 0. The summed E-state index contributed by atoms with van der Waals surface area (Å²) in [7, 11) is -8.78. The Bertz CT molecular complexity index is 399. The Morgan fingerprint density at radius 3 is 1.71 bits per heavy atom. The van der Waals surface area contributed by atoms with Gasteiger partial charge < -0.3 is 0 Å². The van der Waals surface area contributed by atoms with E-state index in [1.807, 2.05) is 0 Å². The average Bonchev–Trinajstić information content (AvgIpc) is 1.80. The number of rotatable bonds is 3. The Hall–Kier alpha value is -0.390. The standard InChI is InChI=1S/C3H7F3N2O4S2/c1-8(2)14(11,12)7-13(9,10)3(4,5)6/h7H,1-2H3/p+1. The molecule has 0 aromatic carbocycles. The molecule has 1 N–H and O–H groups in total. The molecule has 0 heterocycles. The summed E-state index contributed by atoms with van der Waals surface area (Å²) in [5.74, 6) is 0. The third kappa shape index (κ3) is 3.08. The third-order valence-electron chi connectivity index (χ3n) is 1.00. The molecule has 0 radical (unpaired) electrons. The Kier molecular flexibility index (Phi) is 3.54. The molecule has 6 nitrogen and oxygen atoms in total. The normalized spacial score (nSPS) is 14.7. The topological polar surface area (TPSA) is 83.6 Å². The van der Waals surface area contributed by atoms with E-state index in [4.69, 9.17) is 0 Å². The van der Waals surface area contributed by atoms with Gasteiger partial charge in [-0.15, -0.1) is 0 Å². The monoisotopic (exact) mass is 257 g/mol. The van der Waals surface area contributed by atoms with Gasteiger partial charge >= 0.3 is 17.0 Å². The number of halogens is 3. The summed E-state index contributed by atoms with van der Waals surface area (Å²) >= 11 is 0. The average molecular weight is 257 g/mol. The molecule has 0 rings (SSSR count). The number of nitrogens with zero attached hydrogens (tertiary/aromatic N) is 1. The van der Waals surface area contributed by atoms with Crippen molar-refractivity contribution in [2.45, 2.75) is 5.51 Å². The molecule has 0 amide bonds. The van der Waals surface area contributed by atoms with E-state index in [-0.39, 0.29) is 1.43 Å². The third-order valence-corrected chi connectivity index (χ3v) is 4.29. The van der Waals surface area contributed by atoms with Crippen molar-refractivity contribution in [2.75, 3.05) is 14.1 Å². The van der Waals surface area contributed by atoms with Crippen molar-refractivity contribution in [2.24, 2.45) is 0 Å². The van der Waals surface area contributed by atoms with E-state index in [1.54, 1.807) is 0 Å². The van der Waals surface area contributed by atoms with Crippen LogP contribution in [0, 0.1) is 0 Å². The second kappa shape index (κ2) is 3.64. The fourth-order valence-corrected chi connectivity index (χ4v) is 2.34. The molecule has 0 aliphatic rings. The Morgan fingerprint density at radius 2 is 1.50 bits per heavy atom. The highest BCUT2D eigenvalue weighted by Gasteiger charge is 2.48. The van der Waals surface area contributed by atoms with Crippen molar-refractivity contribution in [3.05, 3.63) is 0 Å². The van der Waals surface area contributed by atoms with Crippen LogP contribution in [0.15, 0.2) is 0 Å². The molecule has 0 aliphatic heterocycles. The van der Waals surface area contributed by atoms with E-state index in [9.17, 15) is 30.0 Å². The lowest BCUT2D eigenvalue weighted by Crippen LogP contribution is -2.45. The highest BCUT2D eigenvalue weighted by Crippen LogP contribution is 2.22. The fraction of sp³-hybridized carbons (Fsp3) is 1.00. The summed E-state index contributed by atoms with van der Waals surface area (Å²) in [6.45, 7) is 0. The number of nitrogens with one attached hydrogen (secondary N) is 1. The first-order valence-electron chi connectivity index (χ1n) is 2.92. The van der Waals surface area contributed by atoms with Crippen molar-refractivity contribution in [1.82, 2.24) is 8.43 Å². The van der Waals surface area contributed by atoms with Gasteiger partial charge in [-0.2, -0.15) is 25.9 Å². The van der Waals surface area contributed by atoms with Crippen molar-refractivity contribution in [3.63, 3.8) is 0 Å². The molecular weight excluding hydrogens is 249 g/mol. The first kappa shape index (κ1) is 13.6. The lowest BCUT2D eigenvalue weighted by molar-refractivity contribution is -0.0441. The van der Waals surface area contributed by atoms with Crippen molar-refractivity contribution >= 4 is 20.2 Å². The SMILES string of the molecule is CN(C)S(=O)(=O)NS(=O)(=O)C(F)(F)F.[H+]. The predicted molar refractivity (Wildman–Crippen MR) is 41.8 cm³/mol. The van der Waals surface area contributed by atoms with Gasteiger partial charge in [-0.1, -0.05) is 4.13 Å². The van der Waals surface area contributed by atoms with Crippen LogP contribution >= 0.6 is 0 Å². The molecule has 0 aromatic rings. The lowest BCUT2D eigenvalue weighted by atomic mass is 11.3. The molecule has 0 spiro atoms. The molecule has 0 aliphatic carbocycles. The number of hydrogen-bond acceptors (Lipinski definition) is 4. The van der Waals surface area contributed by atoms with Gasteiger partial charge in [0.25, 0.3) is 10.2 Å². The zero-order valence-electron chi connectivity index (χ0n) is 8.03. The molecular formula is C3H8F3N2O4S2+. The fourth-order valence-electron chi connectivity index (χ4n) is 0.260. The van der Waals surface area contributed by atoms with Gasteiger partial charge in [-0.3, -0.25) is 0 Å². The van der Waals surface area contributed by atoms with Crippen molar-refractivity contribution in [1.29, 1.82) is 0 Å². The van der Waals surface area contributed by atoms with E-state index in [0.29, 0.717) is 8.43 Å². The predicted octanol–water partition coefficient (Wildman–Crippen LogP) is -0.655. The molecule has 0 unspecified atom stereocenters. The molecule has 0 atom stereocenters.